The lowest BCUT2D eigenvalue weighted by Crippen LogP contribution is -2.36. The summed E-state index contributed by atoms with van der Waals surface area (Å²) in [5.74, 6) is 0.687. The number of phenols is 1. The topological polar surface area (TPSA) is 40.5 Å². The fraction of sp³-hybridized carbons (Fsp3) is 0.588. The maximum absolute atomic E-state index is 12.2. The number of benzene rings is 1. The van der Waals surface area contributed by atoms with Gasteiger partial charge in [-0.05, 0) is 43.0 Å². The molecular weight excluding hydrogens is 286 g/mol. The highest BCUT2D eigenvalue weighted by Gasteiger charge is 2.20. The van der Waals surface area contributed by atoms with Crippen LogP contribution in [0, 0.1) is 5.92 Å². The lowest BCUT2D eigenvalue weighted by atomic mass is 9.90. The van der Waals surface area contributed by atoms with E-state index in [4.69, 9.17) is 11.6 Å². The summed E-state index contributed by atoms with van der Waals surface area (Å²) >= 11 is 5.76. The molecule has 1 amide bonds. The minimum Gasteiger partial charge on any atom is -0.508 e. The van der Waals surface area contributed by atoms with Gasteiger partial charge in [0.2, 0.25) is 5.91 Å². The number of amides is 1. The Morgan fingerprint density at radius 2 is 1.67 bits per heavy atom. The van der Waals surface area contributed by atoms with Gasteiger partial charge in [0.25, 0.3) is 0 Å². The van der Waals surface area contributed by atoms with Crippen molar-refractivity contribution < 1.29 is 9.90 Å². The third-order valence-corrected chi connectivity index (χ3v) is 4.47. The second-order valence-corrected chi connectivity index (χ2v) is 6.13. The number of phenolic OH excluding ortho intramolecular Hbond substituents is 1. The molecule has 1 saturated carbocycles. The molecule has 0 bridgehead atoms. The van der Waals surface area contributed by atoms with E-state index >= 15 is 0 Å². The van der Waals surface area contributed by atoms with Crippen LogP contribution in [0.2, 0.25) is 0 Å². The number of hydrogen-bond acceptors (Lipinski definition) is 2. The lowest BCUT2D eigenvalue weighted by Gasteiger charge is -2.28. The van der Waals surface area contributed by atoms with Crippen LogP contribution in [0.5, 0.6) is 5.75 Å². The number of alkyl halides is 1. The Bertz CT molecular complexity index is 439. The quantitative estimate of drug-likeness (QED) is 0.841. The standard InChI is InChI=1S/C17H24ClNO2/c18-12-17(21)19(15-8-10-16(20)11-9-15)13-14-6-4-2-1-3-5-7-14/h8-11,14,20H,1-7,12-13H2. The molecule has 0 aliphatic heterocycles. The van der Waals surface area contributed by atoms with Crippen LogP contribution in [0.15, 0.2) is 24.3 Å². The summed E-state index contributed by atoms with van der Waals surface area (Å²) < 4.78 is 0. The van der Waals surface area contributed by atoms with Crippen molar-refractivity contribution in [3.63, 3.8) is 0 Å². The van der Waals surface area contributed by atoms with E-state index in [0.717, 1.165) is 12.2 Å². The number of aromatic hydroxyl groups is 1. The van der Waals surface area contributed by atoms with Gasteiger partial charge in [-0.25, -0.2) is 0 Å². The zero-order valence-corrected chi connectivity index (χ0v) is 13.2. The Morgan fingerprint density at radius 1 is 1.10 bits per heavy atom. The smallest absolute Gasteiger partial charge is 0.241 e. The van der Waals surface area contributed by atoms with Gasteiger partial charge in [-0.2, -0.15) is 0 Å². The zero-order valence-electron chi connectivity index (χ0n) is 12.4. The van der Waals surface area contributed by atoms with E-state index < -0.39 is 0 Å². The summed E-state index contributed by atoms with van der Waals surface area (Å²) in [4.78, 5) is 13.9. The highest BCUT2D eigenvalue weighted by molar-refractivity contribution is 6.29. The third-order valence-electron chi connectivity index (χ3n) is 4.24. The van der Waals surface area contributed by atoms with Crippen LogP contribution in [0.1, 0.15) is 44.9 Å². The summed E-state index contributed by atoms with van der Waals surface area (Å²) in [5, 5.41) is 9.39. The molecule has 3 nitrogen and oxygen atoms in total. The first kappa shape index (κ1) is 16.2. The first-order valence-electron chi connectivity index (χ1n) is 7.86. The molecular formula is C17H24ClNO2. The van der Waals surface area contributed by atoms with E-state index in [1.807, 2.05) is 0 Å². The van der Waals surface area contributed by atoms with Crippen LogP contribution in [-0.4, -0.2) is 23.4 Å². The van der Waals surface area contributed by atoms with Gasteiger partial charge < -0.3 is 10.0 Å². The molecule has 1 aliphatic carbocycles. The Hall–Kier alpha value is -1.22. The molecule has 0 spiro atoms. The van der Waals surface area contributed by atoms with E-state index in [9.17, 15) is 9.90 Å². The number of carbonyl (C=O) groups excluding carboxylic acids is 1. The average molecular weight is 310 g/mol. The largest absolute Gasteiger partial charge is 0.508 e. The maximum Gasteiger partial charge on any atom is 0.241 e. The molecule has 0 unspecified atom stereocenters. The molecule has 0 radical (unpaired) electrons. The third kappa shape index (κ3) is 4.92. The Balaban J connectivity index is 2.08. The summed E-state index contributed by atoms with van der Waals surface area (Å²) in [6.45, 7) is 0.732. The van der Waals surface area contributed by atoms with Crippen molar-refractivity contribution in [2.45, 2.75) is 44.9 Å². The van der Waals surface area contributed by atoms with E-state index in [2.05, 4.69) is 0 Å². The normalized spacial score (nSPS) is 17.0. The molecule has 4 heteroatoms. The Labute approximate surface area is 131 Å². The van der Waals surface area contributed by atoms with Gasteiger partial charge >= 0.3 is 0 Å². The molecule has 1 aliphatic rings. The zero-order chi connectivity index (χ0) is 15.1. The van der Waals surface area contributed by atoms with Crippen LogP contribution in [-0.2, 0) is 4.79 Å². The summed E-state index contributed by atoms with van der Waals surface area (Å²) in [6.07, 6.45) is 8.83. The van der Waals surface area contributed by atoms with Crippen molar-refractivity contribution in [3.05, 3.63) is 24.3 Å². The molecule has 1 aromatic carbocycles. The van der Waals surface area contributed by atoms with Crippen molar-refractivity contribution in [3.8, 4) is 5.75 Å². The lowest BCUT2D eigenvalue weighted by molar-refractivity contribution is -0.116. The highest BCUT2D eigenvalue weighted by Crippen LogP contribution is 2.26. The predicted octanol–water partition coefficient (Wildman–Crippen LogP) is 4.32. The van der Waals surface area contributed by atoms with Gasteiger partial charge in [-0.3, -0.25) is 4.79 Å². The molecule has 0 saturated heterocycles. The average Bonchev–Trinajstić information content (AvgIpc) is 2.47. The second-order valence-electron chi connectivity index (χ2n) is 5.87. The summed E-state index contributed by atoms with van der Waals surface area (Å²) in [5.41, 5.74) is 0.820. The maximum atomic E-state index is 12.2. The van der Waals surface area contributed by atoms with Crippen LogP contribution < -0.4 is 4.90 Å². The number of nitrogens with zero attached hydrogens (tertiary/aromatic N) is 1. The molecule has 0 atom stereocenters. The molecule has 1 aromatic rings. The van der Waals surface area contributed by atoms with Crippen molar-refractivity contribution in [1.82, 2.24) is 0 Å². The van der Waals surface area contributed by atoms with Crippen LogP contribution in [0.3, 0.4) is 0 Å². The van der Waals surface area contributed by atoms with Gasteiger partial charge in [0, 0.05) is 12.2 Å². The minimum absolute atomic E-state index is 0.00635. The second kappa shape index (κ2) is 8.28. The monoisotopic (exact) mass is 309 g/mol. The SMILES string of the molecule is O=C(CCl)N(CC1CCCCCCC1)c1ccc(O)cc1. The first-order chi connectivity index (χ1) is 10.2. The van der Waals surface area contributed by atoms with Crippen LogP contribution >= 0.6 is 11.6 Å². The summed E-state index contributed by atoms with van der Waals surface area (Å²) in [6, 6.07) is 6.79. The van der Waals surface area contributed by atoms with E-state index in [0.29, 0.717) is 5.92 Å². The number of halogens is 1. The van der Waals surface area contributed by atoms with Crippen LogP contribution in [0.25, 0.3) is 0 Å². The van der Waals surface area contributed by atoms with E-state index in [1.54, 1.807) is 29.2 Å². The molecule has 1 fully saturated rings. The summed E-state index contributed by atoms with van der Waals surface area (Å²) in [7, 11) is 0. The van der Waals surface area contributed by atoms with Gasteiger partial charge in [-0.1, -0.05) is 32.1 Å². The Kier molecular flexibility index (Phi) is 6.37. The molecule has 0 heterocycles. The van der Waals surface area contributed by atoms with Gasteiger partial charge in [0.1, 0.15) is 11.6 Å². The first-order valence-corrected chi connectivity index (χ1v) is 8.39. The number of carbonyl (C=O) groups is 1. The van der Waals surface area contributed by atoms with Crippen LogP contribution in [0.4, 0.5) is 5.69 Å². The molecule has 0 aromatic heterocycles. The number of anilines is 1. The molecule has 116 valence electrons. The van der Waals surface area contributed by atoms with Crippen molar-refractivity contribution in [2.75, 3.05) is 17.3 Å². The fourth-order valence-corrected chi connectivity index (χ4v) is 3.18. The fourth-order valence-electron chi connectivity index (χ4n) is 3.04. The van der Waals surface area contributed by atoms with Gasteiger partial charge in [-0.15, -0.1) is 11.6 Å². The highest BCUT2D eigenvalue weighted by atomic mass is 35.5. The number of rotatable bonds is 4. The predicted molar refractivity (Wildman–Crippen MR) is 87.0 cm³/mol. The van der Waals surface area contributed by atoms with Gasteiger partial charge in [0.15, 0.2) is 0 Å². The molecule has 21 heavy (non-hydrogen) atoms. The van der Waals surface area contributed by atoms with Crippen molar-refractivity contribution >= 4 is 23.2 Å². The van der Waals surface area contributed by atoms with Crippen molar-refractivity contribution in [1.29, 1.82) is 0 Å². The Morgan fingerprint density at radius 3 is 2.24 bits per heavy atom. The van der Waals surface area contributed by atoms with Crippen molar-refractivity contribution in [2.24, 2.45) is 5.92 Å². The van der Waals surface area contributed by atoms with E-state index in [-0.39, 0.29) is 17.5 Å². The number of hydrogen-bond donors (Lipinski definition) is 1. The molecule has 2 rings (SSSR count). The van der Waals surface area contributed by atoms with E-state index in [1.165, 1.54) is 44.9 Å². The molecule has 1 N–H and O–H groups in total. The van der Waals surface area contributed by atoms with Gasteiger partial charge in [0.05, 0.1) is 0 Å². The minimum atomic E-state index is -0.0654.